The molecule has 0 radical (unpaired) electrons. The molecule has 2 saturated heterocycles. The first-order chi connectivity index (χ1) is 16.0. The van der Waals surface area contributed by atoms with Gasteiger partial charge in [-0.25, -0.2) is 9.78 Å². The van der Waals surface area contributed by atoms with Gasteiger partial charge in [0, 0.05) is 38.1 Å². The molecule has 0 aromatic carbocycles. The van der Waals surface area contributed by atoms with E-state index >= 15 is 0 Å². The van der Waals surface area contributed by atoms with Crippen molar-refractivity contribution in [1.82, 2.24) is 30.4 Å². The standard InChI is InChI=1S/C23H32N8O2/c1-29-11-7-16(8-12-29)30(2)22-24-14-17-20(28-22)26-19-13-15(5-6-18(19)27-21(17)32)25-23(33)31-9-3-4-10-31/h5-6,13-14,16,18-19H,3-4,7-12H2,1-2H3,(H,25,33)(H,27,32)(H,24,26,28). The molecular formula is C23H32N8O2. The number of likely N-dealkylation sites (tertiary alicyclic amines) is 2. The fraction of sp³-hybridized carbons (Fsp3) is 0.565. The minimum Gasteiger partial charge on any atom is -0.361 e. The normalized spacial score (nSPS) is 25.3. The van der Waals surface area contributed by atoms with E-state index in [1.807, 2.05) is 30.2 Å². The van der Waals surface area contributed by atoms with Crippen LogP contribution in [0.3, 0.4) is 0 Å². The maximum atomic E-state index is 12.8. The number of nitrogens with zero attached hydrogens (tertiary/aromatic N) is 5. The number of rotatable bonds is 3. The Morgan fingerprint density at radius 1 is 1.15 bits per heavy atom. The highest BCUT2D eigenvalue weighted by Crippen LogP contribution is 2.26. The van der Waals surface area contributed by atoms with Gasteiger partial charge in [-0.3, -0.25) is 4.79 Å². The molecule has 3 N–H and O–H groups in total. The van der Waals surface area contributed by atoms with E-state index in [-0.39, 0.29) is 24.0 Å². The molecule has 4 heterocycles. The monoisotopic (exact) mass is 452 g/mol. The van der Waals surface area contributed by atoms with Gasteiger partial charge in [0.1, 0.15) is 11.4 Å². The van der Waals surface area contributed by atoms with Crippen LogP contribution in [-0.2, 0) is 0 Å². The third-order valence-corrected chi connectivity index (χ3v) is 7.05. The fourth-order valence-corrected chi connectivity index (χ4v) is 4.91. The molecule has 176 valence electrons. The molecule has 4 aliphatic rings. The van der Waals surface area contributed by atoms with Gasteiger partial charge in [-0.1, -0.05) is 6.08 Å². The molecule has 3 amide bonds. The number of hydrogen-bond donors (Lipinski definition) is 3. The predicted octanol–water partition coefficient (Wildman–Crippen LogP) is 1.16. The highest BCUT2D eigenvalue weighted by molar-refractivity contribution is 6.00. The Morgan fingerprint density at radius 3 is 2.67 bits per heavy atom. The number of aromatic nitrogens is 2. The van der Waals surface area contributed by atoms with Crippen LogP contribution in [0.5, 0.6) is 0 Å². The van der Waals surface area contributed by atoms with Crippen LogP contribution in [0.1, 0.15) is 36.0 Å². The number of hydrogen-bond acceptors (Lipinski definition) is 7. The maximum Gasteiger partial charge on any atom is 0.321 e. The molecule has 1 aromatic rings. The number of urea groups is 1. The first kappa shape index (κ1) is 21.7. The number of carbonyl (C=O) groups is 2. The first-order valence-corrected chi connectivity index (χ1v) is 11.8. The van der Waals surface area contributed by atoms with E-state index in [9.17, 15) is 9.59 Å². The highest BCUT2D eigenvalue weighted by atomic mass is 16.2. The SMILES string of the molecule is CN1CCC(N(C)c2ncc3c(n2)NC2C=C(NC(=O)N4CCCC4)C=CC2NC3=O)CC1. The Morgan fingerprint density at radius 2 is 1.91 bits per heavy atom. The second kappa shape index (κ2) is 9.01. The molecule has 1 aliphatic carbocycles. The molecule has 0 bridgehead atoms. The van der Waals surface area contributed by atoms with E-state index in [0.717, 1.165) is 57.6 Å². The van der Waals surface area contributed by atoms with Crippen molar-refractivity contribution < 1.29 is 9.59 Å². The number of piperidine rings is 1. The number of anilines is 2. The van der Waals surface area contributed by atoms with Gasteiger partial charge in [0.25, 0.3) is 5.91 Å². The van der Waals surface area contributed by atoms with Gasteiger partial charge in [-0.15, -0.1) is 0 Å². The van der Waals surface area contributed by atoms with Crippen molar-refractivity contribution in [2.45, 2.75) is 43.8 Å². The fourth-order valence-electron chi connectivity index (χ4n) is 4.91. The van der Waals surface area contributed by atoms with E-state index in [1.54, 1.807) is 6.20 Å². The predicted molar refractivity (Wildman–Crippen MR) is 126 cm³/mol. The van der Waals surface area contributed by atoms with Gasteiger partial charge in [-0.2, -0.15) is 4.98 Å². The zero-order valence-corrected chi connectivity index (χ0v) is 19.3. The first-order valence-electron chi connectivity index (χ1n) is 11.8. The number of carbonyl (C=O) groups excluding carboxylic acids is 2. The van der Waals surface area contributed by atoms with E-state index in [2.05, 4.69) is 37.8 Å². The molecule has 2 unspecified atom stereocenters. The Bertz CT molecular complexity index is 979. The summed E-state index contributed by atoms with van der Waals surface area (Å²) in [5.74, 6) is 0.919. The minimum absolute atomic E-state index is 0.0794. The summed E-state index contributed by atoms with van der Waals surface area (Å²) in [4.78, 5) is 40.9. The second-order valence-electron chi connectivity index (χ2n) is 9.35. The van der Waals surface area contributed by atoms with Crippen LogP contribution in [0.15, 0.2) is 30.1 Å². The molecule has 10 heteroatoms. The maximum absolute atomic E-state index is 12.8. The van der Waals surface area contributed by atoms with Gasteiger partial charge in [0.2, 0.25) is 5.95 Å². The third kappa shape index (κ3) is 4.52. The van der Waals surface area contributed by atoms with Crippen molar-refractivity contribution in [3.63, 3.8) is 0 Å². The van der Waals surface area contributed by atoms with Crippen molar-refractivity contribution >= 4 is 23.7 Å². The van der Waals surface area contributed by atoms with Gasteiger partial charge < -0.3 is 30.7 Å². The molecule has 2 fully saturated rings. The van der Waals surface area contributed by atoms with Crippen LogP contribution >= 0.6 is 0 Å². The summed E-state index contributed by atoms with van der Waals surface area (Å²) >= 11 is 0. The van der Waals surface area contributed by atoms with E-state index in [1.165, 1.54) is 0 Å². The molecule has 10 nitrogen and oxygen atoms in total. The van der Waals surface area contributed by atoms with Crippen LogP contribution in [0.4, 0.5) is 16.6 Å². The Kier molecular flexibility index (Phi) is 5.92. The van der Waals surface area contributed by atoms with Crippen LogP contribution in [0.25, 0.3) is 0 Å². The summed E-state index contributed by atoms with van der Waals surface area (Å²) in [6.45, 7) is 3.68. The summed E-state index contributed by atoms with van der Waals surface area (Å²) in [6, 6.07) is -0.180. The quantitative estimate of drug-likeness (QED) is 0.632. The molecule has 5 rings (SSSR count). The highest BCUT2D eigenvalue weighted by Gasteiger charge is 2.31. The molecule has 1 aromatic heterocycles. The molecule has 0 saturated carbocycles. The number of amides is 3. The molecular weight excluding hydrogens is 420 g/mol. The number of fused-ring (bicyclic) bond motifs is 2. The van der Waals surface area contributed by atoms with Gasteiger partial charge in [0.05, 0.1) is 12.1 Å². The minimum atomic E-state index is -0.241. The second-order valence-corrected chi connectivity index (χ2v) is 9.35. The summed E-state index contributed by atoms with van der Waals surface area (Å²) in [5.41, 5.74) is 1.14. The molecule has 2 atom stereocenters. The largest absolute Gasteiger partial charge is 0.361 e. The summed E-state index contributed by atoms with van der Waals surface area (Å²) in [6.07, 6.45) is 11.5. The van der Waals surface area contributed by atoms with Crippen LogP contribution in [0.2, 0.25) is 0 Å². The zero-order chi connectivity index (χ0) is 22.9. The smallest absolute Gasteiger partial charge is 0.321 e. The Labute approximate surface area is 194 Å². The van der Waals surface area contributed by atoms with Crippen molar-refractivity contribution in [2.75, 3.05) is 50.5 Å². The lowest BCUT2D eigenvalue weighted by atomic mass is 10.0. The lowest BCUT2D eigenvalue weighted by Gasteiger charge is -2.35. The molecule has 33 heavy (non-hydrogen) atoms. The van der Waals surface area contributed by atoms with Crippen molar-refractivity contribution in [3.05, 3.63) is 35.7 Å². The average Bonchev–Trinajstić information content (AvgIpc) is 3.31. The number of nitrogens with one attached hydrogen (secondary N) is 3. The lowest BCUT2D eigenvalue weighted by Crippen LogP contribution is -2.45. The van der Waals surface area contributed by atoms with Crippen molar-refractivity contribution in [2.24, 2.45) is 0 Å². The Balaban J connectivity index is 1.34. The summed E-state index contributed by atoms with van der Waals surface area (Å²) in [5, 5.41) is 9.43. The lowest BCUT2D eigenvalue weighted by molar-refractivity contribution is 0.0946. The third-order valence-electron chi connectivity index (χ3n) is 7.05. The van der Waals surface area contributed by atoms with E-state index in [4.69, 9.17) is 4.98 Å². The summed E-state index contributed by atoms with van der Waals surface area (Å²) < 4.78 is 0. The van der Waals surface area contributed by atoms with Gasteiger partial charge in [0.15, 0.2) is 0 Å². The van der Waals surface area contributed by atoms with E-state index in [0.29, 0.717) is 23.4 Å². The topological polar surface area (TPSA) is 106 Å². The van der Waals surface area contributed by atoms with Crippen LogP contribution in [0, 0.1) is 0 Å². The van der Waals surface area contributed by atoms with Crippen molar-refractivity contribution in [3.8, 4) is 0 Å². The summed E-state index contributed by atoms with van der Waals surface area (Å²) in [7, 11) is 4.16. The molecule has 0 spiro atoms. The van der Waals surface area contributed by atoms with Crippen LogP contribution < -0.4 is 20.9 Å². The van der Waals surface area contributed by atoms with Gasteiger partial charge >= 0.3 is 6.03 Å². The van der Waals surface area contributed by atoms with Crippen molar-refractivity contribution in [1.29, 1.82) is 0 Å². The van der Waals surface area contributed by atoms with Crippen LogP contribution in [-0.4, -0.2) is 90.1 Å². The molecule has 3 aliphatic heterocycles. The average molecular weight is 453 g/mol. The van der Waals surface area contributed by atoms with E-state index < -0.39 is 0 Å². The van der Waals surface area contributed by atoms with Gasteiger partial charge in [-0.05, 0) is 58.0 Å². The zero-order valence-electron chi connectivity index (χ0n) is 19.3. The Hall–Kier alpha value is -3.14. The number of allylic oxidation sites excluding steroid dienone is 1.